The van der Waals surface area contributed by atoms with Gasteiger partial charge in [0.1, 0.15) is 0 Å². The lowest BCUT2D eigenvalue weighted by atomic mass is 10.1. The molecule has 1 aromatic carbocycles. The summed E-state index contributed by atoms with van der Waals surface area (Å²) >= 11 is 0. The summed E-state index contributed by atoms with van der Waals surface area (Å²) in [5.41, 5.74) is 9.32. The maximum atomic E-state index is 5.53. The highest BCUT2D eigenvalue weighted by Gasteiger charge is 1.99. The van der Waals surface area contributed by atoms with Gasteiger partial charge < -0.3 is 11.1 Å². The summed E-state index contributed by atoms with van der Waals surface area (Å²) in [5.74, 6) is 0. The first-order chi connectivity index (χ1) is 6.13. The molecule has 2 heteroatoms. The Balaban J connectivity index is 2.73. The summed E-state index contributed by atoms with van der Waals surface area (Å²) in [7, 11) is 0. The Bertz CT molecular complexity index is 281. The zero-order valence-corrected chi connectivity index (χ0v) is 8.59. The van der Waals surface area contributed by atoms with E-state index in [1.54, 1.807) is 0 Å². The van der Waals surface area contributed by atoms with Gasteiger partial charge in [-0.15, -0.1) is 0 Å². The van der Waals surface area contributed by atoms with Gasteiger partial charge in [0.15, 0.2) is 0 Å². The fraction of sp³-hybridized carbons (Fsp3) is 0.455. The second-order valence-electron chi connectivity index (χ2n) is 3.58. The second kappa shape index (κ2) is 4.28. The van der Waals surface area contributed by atoms with E-state index < -0.39 is 0 Å². The lowest BCUT2D eigenvalue weighted by Crippen LogP contribution is -2.25. The van der Waals surface area contributed by atoms with Crippen molar-refractivity contribution >= 4 is 5.69 Å². The number of aryl methyl sites for hydroxylation is 2. The van der Waals surface area contributed by atoms with Crippen LogP contribution in [-0.2, 0) is 0 Å². The first kappa shape index (κ1) is 10.1. The van der Waals surface area contributed by atoms with E-state index in [0.29, 0.717) is 12.6 Å². The Morgan fingerprint density at radius 1 is 1.31 bits per heavy atom. The molecule has 72 valence electrons. The molecule has 0 fully saturated rings. The fourth-order valence-electron chi connectivity index (χ4n) is 1.17. The smallest absolute Gasteiger partial charge is 0.0355 e. The lowest BCUT2D eigenvalue weighted by molar-refractivity contribution is 0.804. The number of hydrogen-bond donors (Lipinski definition) is 2. The third kappa shape index (κ3) is 2.74. The zero-order valence-electron chi connectivity index (χ0n) is 8.59. The van der Waals surface area contributed by atoms with E-state index in [0.717, 1.165) is 5.69 Å². The van der Waals surface area contributed by atoms with Crippen LogP contribution in [0, 0.1) is 13.8 Å². The predicted octanol–water partition coefficient (Wildman–Crippen LogP) is 2.06. The Morgan fingerprint density at radius 3 is 2.54 bits per heavy atom. The minimum atomic E-state index is 0.335. The maximum absolute atomic E-state index is 5.53. The van der Waals surface area contributed by atoms with E-state index in [2.05, 4.69) is 44.3 Å². The van der Waals surface area contributed by atoms with Crippen molar-refractivity contribution < 1.29 is 0 Å². The van der Waals surface area contributed by atoms with Crippen LogP contribution in [0.25, 0.3) is 0 Å². The number of anilines is 1. The number of rotatable bonds is 3. The molecule has 1 aromatic rings. The molecular weight excluding hydrogens is 160 g/mol. The van der Waals surface area contributed by atoms with Gasteiger partial charge in [0.2, 0.25) is 0 Å². The molecule has 0 amide bonds. The molecule has 1 rings (SSSR count). The number of nitrogens with one attached hydrogen (secondary N) is 1. The number of benzene rings is 1. The van der Waals surface area contributed by atoms with Gasteiger partial charge in [0, 0.05) is 18.3 Å². The third-order valence-corrected chi connectivity index (χ3v) is 2.27. The average molecular weight is 178 g/mol. The van der Waals surface area contributed by atoms with Crippen LogP contribution in [0.2, 0.25) is 0 Å². The van der Waals surface area contributed by atoms with Crippen molar-refractivity contribution in [2.24, 2.45) is 5.73 Å². The Morgan fingerprint density at radius 2 is 2.00 bits per heavy atom. The number of nitrogens with two attached hydrogens (primary N) is 1. The average Bonchev–Trinajstić information content (AvgIpc) is 2.11. The van der Waals surface area contributed by atoms with Gasteiger partial charge in [-0.25, -0.2) is 0 Å². The molecule has 0 heterocycles. The molecule has 0 aliphatic carbocycles. The van der Waals surface area contributed by atoms with E-state index in [1.807, 2.05) is 0 Å². The molecule has 0 radical (unpaired) electrons. The molecular formula is C11H18N2. The highest BCUT2D eigenvalue weighted by atomic mass is 14.9. The van der Waals surface area contributed by atoms with Crippen molar-refractivity contribution in [2.45, 2.75) is 26.8 Å². The summed E-state index contributed by atoms with van der Waals surface area (Å²) in [6.45, 7) is 6.97. The molecule has 2 nitrogen and oxygen atoms in total. The molecule has 1 unspecified atom stereocenters. The maximum Gasteiger partial charge on any atom is 0.0355 e. The van der Waals surface area contributed by atoms with Crippen LogP contribution in [0.15, 0.2) is 18.2 Å². The minimum Gasteiger partial charge on any atom is -0.381 e. The predicted molar refractivity (Wildman–Crippen MR) is 58.1 cm³/mol. The van der Waals surface area contributed by atoms with E-state index in [4.69, 9.17) is 5.73 Å². The summed E-state index contributed by atoms with van der Waals surface area (Å²) in [6.07, 6.45) is 0. The Hall–Kier alpha value is -1.02. The van der Waals surface area contributed by atoms with Crippen LogP contribution < -0.4 is 11.1 Å². The summed E-state index contributed by atoms with van der Waals surface area (Å²) in [6, 6.07) is 6.71. The normalized spacial score (nSPS) is 12.6. The summed E-state index contributed by atoms with van der Waals surface area (Å²) in [4.78, 5) is 0. The highest BCUT2D eigenvalue weighted by Crippen LogP contribution is 2.14. The second-order valence-corrected chi connectivity index (χ2v) is 3.58. The topological polar surface area (TPSA) is 38.0 Å². The summed E-state index contributed by atoms with van der Waals surface area (Å²) in [5, 5.41) is 3.33. The van der Waals surface area contributed by atoms with Crippen molar-refractivity contribution in [3.8, 4) is 0 Å². The van der Waals surface area contributed by atoms with E-state index in [9.17, 15) is 0 Å². The molecule has 1 atom stereocenters. The Kier molecular flexibility index (Phi) is 3.32. The monoisotopic (exact) mass is 178 g/mol. The van der Waals surface area contributed by atoms with Crippen molar-refractivity contribution in [3.05, 3.63) is 29.3 Å². The van der Waals surface area contributed by atoms with Crippen molar-refractivity contribution in [1.82, 2.24) is 0 Å². The first-order valence-corrected chi connectivity index (χ1v) is 4.67. The molecule has 0 spiro atoms. The molecule has 3 N–H and O–H groups in total. The van der Waals surface area contributed by atoms with Crippen molar-refractivity contribution in [1.29, 1.82) is 0 Å². The minimum absolute atomic E-state index is 0.335. The fourth-order valence-corrected chi connectivity index (χ4v) is 1.17. The Labute approximate surface area is 80.1 Å². The van der Waals surface area contributed by atoms with Crippen LogP contribution >= 0.6 is 0 Å². The molecule has 13 heavy (non-hydrogen) atoms. The molecule has 0 aromatic heterocycles. The largest absolute Gasteiger partial charge is 0.381 e. The van der Waals surface area contributed by atoms with E-state index in [1.165, 1.54) is 11.1 Å². The van der Waals surface area contributed by atoms with Crippen LogP contribution in [-0.4, -0.2) is 12.6 Å². The molecule has 0 saturated heterocycles. The lowest BCUT2D eigenvalue weighted by Gasteiger charge is -2.13. The quantitative estimate of drug-likeness (QED) is 0.743. The highest BCUT2D eigenvalue weighted by molar-refractivity contribution is 5.48. The SMILES string of the molecule is Cc1ccc(NC(C)CN)cc1C. The van der Waals surface area contributed by atoms with Gasteiger partial charge in [-0.05, 0) is 44.0 Å². The standard InChI is InChI=1S/C11H18N2/c1-8-4-5-11(6-9(8)2)13-10(3)7-12/h4-6,10,13H,7,12H2,1-3H3. The van der Waals surface area contributed by atoms with E-state index in [-0.39, 0.29) is 0 Å². The number of hydrogen-bond acceptors (Lipinski definition) is 2. The van der Waals surface area contributed by atoms with Gasteiger partial charge in [0.25, 0.3) is 0 Å². The van der Waals surface area contributed by atoms with Crippen LogP contribution in [0.3, 0.4) is 0 Å². The van der Waals surface area contributed by atoms with Crippen molar-refractivity contribution in [2.75, 3.05) is 11.9 Å². The molecule has 0 bridgehead atoms. The van der Waals surface area contributed by atoms with Crippen LogP contribution in [0.1, 0.15) is 18.1 Å². The summed E-state index contributed by atoms with van der Waals surface area (Å²) < 4.78 is 0. The molecule has 0 aliphatic rings. The van der Waals surface area contributed by atoms with Crippen LogP contribution in [0.5, 0.6) is 0 Å². The van der Waals surface area contributed by atoms with Gasteiger partial charge >= 0.3 is 0 Å². The van der Waals surface area contributed by atoms with Crippen molar-refractivity contribution in [3.63, 3.8) is 0 Å². The molecule has 0 saturated carbocycles. The molecule has 0 aliphatic heterocycles. The first-order valence-electron chi connectivity index (χ1n) is 4.67. The van der Waals surface area contributed by atoms with E-state index >= 15 is 0 Å². The van der Waals surface area contributed by atoms with Gasteiger partial charge in [0.05, 0.1) is 0 Å². The third-order valence-electron chi connectivity index (χ3n) is 2.27. The van der Waals surface area contributed by atoms with Crippen LogP contribution in [0.4, 0.5) is 5.69 Å². The van der Waals surface area contributed by atoms with Gasteiger partial charge in [-0.2, -0.15) is 0 Å². The zero-order chi connectivity index (χ0) is 9.84. The van der Waals surface area contributed by atoms with Gasteiger partial charge in [-0.3, -0.25) is 0 Å². The van der Waals surface area contributed by atoms with Gasteiger partial charge in [-0.1, -0.05) is 6.07 Å².